The number of rotatable bonds is 6. The maximum atomic E-state index is 12.4. The van der Waals surface area contributed by atoms with Gasteiger partial charge >= 0.3 is 0 Å². The van der Waals surface area contributed by atoms with Crippen molar-refractivity contribution < 1.29 is 14.3 Å². The van der Waals surface area contributed by atoms with Crippen LogP contribution in [-0.4, -0.2) is 59.7 Å². The molecule has 138 valence electrons. The minimum absolute atomic E-state index is 0.0331. The number of hydrogen-bond acceptors (Lipinski definition) is 5. The summed E-state index contributed by atoms with van der Waals surface area (Å²) in [6, 6.07) is 2.24. The van der Waals surface area contributed by atoms with Crippen LogP contribution in [0.15, 0.2) is 12.3 Å². The Kier molecular flexibility index (Phi) is 5.05. The first-order valence-electron chi connectivity index (χ1n) is 9.49. The first-order valence-corrected chi connectivity index (χ1v) is 9.49. The minimum atomic E-state index is -0.0331. The van der Waals surface area contributed by atoms with E-state index in [1.165, 1.54) is 12.8 Å². The SMILES string of the molecule is CC(C1CC1)n1nccc1NC(=O)CN1CCC(C2OCCO2)CC1. The summed E-state index contributed by atoms with van der Waals surface area (Å²) in [6.45, 7) is 5.86. The molecule has 1 aromatic rings. The van der Waals surface area contributed by atoms with Crippen LogP contribution in [0.1, 0.15) is 38.6 Å². The zero-order valence-electron chi connectivity index (χ0n) is 14.9. The number of ether oxygens (including phenoxy) is 2. The van der Waals surface area contributed by atoms with E-state index in [-0.39, 0.29) is 12.2 Å². The van der Waals surface area contributed by atoms with Gasteiger partial charge in [0.1, 0.15) is 5.82 Å². The van der Waals surface area contributed by atoms with Gasteiger partial charge in [0.15, 0.2) is 6.29 Å². The van der Waals surface area contributed by atoms with Gasteiger partial charge in [0, 0.05) is 12.0 Å². The van der Waals surface area contributed by atoms with E-state index in [2.05, 4.69) is 22.2 Å². The van der Waals surface area contributed by atoms with Crippen molar-refractivity contribution in [2.45, 2.75) is 44.9 Å². The van der Waals surface area contributed by atoms with Gasteiger partial charge in [-0.3, -0.25) is 9.69 Å². The van der Waals surface area contributed by atoms with E-state index in [1.807, 2.05) is 10.7 Å². The van der Waals surface area contributed by atoms with Gasteiger partial charge in [-0.05, 0) is 51.6 Å². The predicted molar refractivity (Wildman–Crippen MR) is 93.1 cm³/mol. The standard InChI is InChI=1S/C18H28N4O3/c1-13(14-2-3-14)22-16(4-7-19-22)20-17(23)12-21-8-5-15(6-9-21)18-24-10-11-25-18/h4,7,13-15,18H,2-3,5-6,8-12H2,1H3,(H,20,23). The van der Waals surface area contributed by atoms with Crippen LogP contribution >= 0.6 is 0 Å². The third-order valence-electron chi connectivity index (χ3n) is 5.66. The van der Waals surface area contributed by atoms with Gasteiger partial charge in [0.25, 0.3) is 0 Å². The van der Waals surface area contributed by atoms with Crippen LogP contribution in [0.3, 0.4) is 0 Å². The Balaban J connectivity index is 1.25. The Labute approximate surface area is 148 Å². The number of nitrogens with one attached hydrogen (secondary N) is 1. The third kappa shape index (κ3) is 4.04. The normalized spacial score (nSPS) is 24.5. The van der Waals surface area contributed by atoms with Gasteiger partial charge in [-0.15, -0.1) is 0 Å². The van der Waals surface area contributed by atoms with Crippen molar-refractivity contribution in [1.82, 2.24) is 14.7 Å². The molecule has 0 spiro atoms. The molecule has 7 heteroatoms. The molecule has 0 radical (unpaired) electrons. The van der Waals surface area contributed by atoms with Crippen LogP contribution in [0.4, 0.5) is 5.82 Å². The third-order valence-corrected chi connectivity index (χ3v) is 5.66. The molecule has 0 bridgehead atoms. The molecule has 1 N–H and O–H groups in total. The number of piperidine rings is 1. The molecular formula is C18H28N4O3. The van der Waals surface area contributed by atoms with E-state index >= 15 is 0 Å². The lowest BCUT2D eigenvalue weighted by Gasteiger charge is -2.33. The topological polar surface area (TPSA) is 68.6 Å². The Morgan fingerprint density at radius 2 is 2.00 bits per heavy atom. The summed E-state index contributed by atoms with van der Waals surface area (Å²) in [4.78, 5) is 14.6. The van der Waals surface area contributed by atoms with E-state index < -0.39 is 0 Å². The Bertz CT molecular complexity index is 587. The summed E-state index contributed by atoms with van der Waals surface area (Å²) < 4.78 is 13.2. The molecule has 0 aromatic carbocycles. The molecule has 2 saturated heterocycles. The highest BCUT2D eigenvalue weighted by Gasteiger charge is 2.32. The highest BCUT2D eigenvalue weighted by Crippen LogP contribution is 2.40. The van der Waals surface area contributed by atoms with Crippen LogP contribution < -0.4 is 5.32 Å². The highest BCUT2D eigenvalue weighted by molar-refractivity contribution is 5.91. The molecule has 1 atom stereocenters. The quantitative estimate of drug-likeness (QED) is 0.850. The molecule has 4 rings (SSSR count). The first kappa shape index (κ1) is 17.0. The van der Waals surface area contributed by atoms with E-state index in [9.17, 15) is 4.79 Å². The number of hydrogen-bond donors (Lipinski definition) is 1. The van der Waals surface area contributed by atoms with Gasteiger partial charge in [-0.2, -0.15) is 5.10 Å². The average Bonchev–Trinajstić information content (AvgIpc) is 3.12. The lowest BCUT2D eigenvalue weighted by molar-refractivity contribution is -0.119. The van der Waals surface area contributed by atoms with Crippen LogP contribution in [0.5, 0.6) is 0 Å². The van der Waals surface area contributed by atoms with Crippen molar-refractivity contribution in [2.75, 3.05) is 38.2 Å². The number of amides is 1. The summed E-state index contributed by atoms with van der Waals surface area (Å²) in [5.74, 6) is 2.01. The maximum Gasteiger partial charge on any atom is 0.239 e. The largest absolute Gasteiger partial charge is 0.350 e. The van der Waals surface area contributed by atoms with Gasteiger partial charge in [-0.1, -0.05) is 0 Å². The Morgan fingerprint density at radius 3 is 2.68 bits per heavy atom. The van der Waals surface area contributed by atoms with E-state index in [0.717, 1.165) is 31.7 Å². The average molecular weight is 348 g/mol. The molecule has 1 amide bonds. The first-order chi connectivity index (χ1) is 12.2. The summed E-state index contributed by atoms with van der Waals surface area (Å²) in [5, 5.41) is 7.43. The minimum Gasteiger partial charge on any atom is -0.350 e. The van der Waals surface area contributed by atoms with Crippen molar-refractivity contribution in [1.29, 1.82) is 0 Å². The molecule has 3 aliphatic rings. The van der Waals surface area contributed by atoms with Crippen molar-refractivity contribution in [3.63, 3.8) is 0 Å². The lowest BCUT2D eigenvalue weighted by atomic mass is 9.96. The van der Waals surface area contributed by atoms with E-state index in [1.54, 1.807) is 6.20 Å². The zero-order valence-corrected chi connectivity index (χ0v) is 14.9. The fraction of sp³-hybridized carbons (Fsp3) is 0.778. The number of nitrogens with zero attached hydrogens (tertiary/aromatic N) is 3. The fourth-order valence-corrected chi connectivity index (χ4v) is 3.93. The molecular weight excluding hydrogens is 320 g/mol. The second kappa shape index (κ2) is 7.43. The molecule has 25 heavy (non-hydrogen) atoms. The smallest absolute Gasteiger partial charge is 0.239 e. The van der Waals surface area contributed by atoms with Crippen molar-refractivity contribution in [3.05, 3.63) is 12.3 Å². The molecule has 1 aromatic heterocycles. The zero-order chi connectivity index (χ0) is 17.2. The summed E-state index contributed by atoms with van der Waals surface area (Å²) in [7, 11) is 0. The Hall–Kier alpha value is -1.44. The summed E-state index contributed by atoms with van der Waals surface area (Å²) in [5.41, 5.74) is 0. The number of carbonyl (C=O) groups is 1. The van der Waals surface area contributed by atoms with Crippen LogP contribution in [0, 0.1) is 11.8 Å². The molecule has 3 heterocycles. The Morgan fingerprint density at radius 1 is 1.28 bits per heavy atom. The van der Waals surface area contributed by atoms with Gasteiger partial charge < -0.3 is 14.8 Å². The molecule has 1 aliphatic carbocycles. The second-order valence-corrected chi connectivity index (χ2v) is 7.51. The van der Waals surface area contributed by atoms with Crippen molar-refractivity contribution in [2.24, 2.45) is 11.8 Å². The highest BCUT2D eigenvalue weighted by atomic mass is 16.7. The van der Waals surface area contributed by atoms with E-state index in [0.29, 0.717) is 37.6 Å². The number of carbonyl (C=O) groups excluding carboxylic acids is 1. The number of anilines is 1. The molecule has 2 aliphatic heterocycles. The monoisotopic (exact) mass is 348 g/mol. The molecule has 3 fully saturated rings. The lowest BCUT2D eigenvalue weighted by Crippen LogP contribution is -2.42. The predicted octanol–water partition coefficient (Wildman–Crippen LogP) is 1.88. The molecule has 1 unspecified atom stereocenters. The van der Waals surface area contributed by atoms with Gasteiger partial charge in [0.05, 0.1) is 32.0 Å². The van der Waals surface area contributed by atoms with E-state index in [4.69, 9.17) is 9.47 Å². The van der Waals surface area contributed by atoms with Crippen molar-refractivity contribution >= 4 is 11.7 Å². The van der Waals surface area contributed by atoms with Gasteiger partial charge in [-0.25, -0.2) is 4.68 Å². The maximum absolute atomic E-state index is 12.4. The summed E-state index contributed by atoms with van der Waals surface area (Å²) >= 11 is 0. The molecule has 1 saturated carbocycles. The fourth-order valence-electron chi connectivity index (χ4n) is 3.93. The second-order valence-electron chi connectivity index (χ2n) is 7.51. The van der Waals surface area contributed by atoms with Crippen molar-refractivity contribution in [3.8, 4) is 0 Å². The van der Waals surface area contributed by atoms with Crippen LogP contribution in [0.2, 0.25) is 0 Å². The van der Waals surface area contributed by atoms with Crippen LogP contribution in [0.25, 0.3) is 0 Å². The van der Waals surface area contributed by atoms with Gasteiger partial charge in [0.2, 0.25) is 5.91 Å². The molecule has 7 nitrogen and oxygen atoms in total. The van der Waals surface area contributed by atoms with Crippen LogP contribution in [-0.2, 0) is 14.3 Å². The number of likely N-dealkylation sites (tertiary alicyclic amines) is 1. The number of aromatic nitrogens is 2. The summed E-state index contributed by atoms with van der Waals surface area (Å²) in [6.07, 6.45) is 6.30.